The van der Waals surface area contributed by atoms with Gasteiger partial charge in [-0.3, -0.25) is 0 Å². The molecular weight excluding hydrogens is 488 g/mol. The fourth-order valence-electron chi connectivity index (χ4n) is 7.06. The molecule has 2 fully saturated rings. The van der Waals surface area contributed by atoms with E-state index in [2.05, 4.69) is 9.80 Å². The van der Waals surface area contributed by atoms with Gasteiger partial charge in [-0.1, -0.05) is 62.8 Å². The molecule has 0 bridgehead atoms. The van der Waals surface area contributed by atoms with Crippen molar-refractivity contribution in [3.63, 3.8) is 0 Å². The van der Waals surface area contributed by atoms with E-state index in [9.17, 15) is 20.4 Å². The highest BCUT2D eigenvalue weighted by molar-refractivity contribution is 5.46. The molecule has 2 atom stereocenters. The van der Waals surface area contributed by atoms with Crippen molar-refractivity contribution < 1.29 is 20.4 Å². The first-order chi connectivity index (χ1) is 18.5. The van der Waals surface area contributed by atoms with Crippen molar-refractivity contribution in [2.24, 2.45) is 0 Å². The third-order valence-corrected chi connectivity index (χ3v) is 9.22. The van der Waals surface area contributed by atoms with Gasteiger partial charge in [0.15, 0.2) is 0 Å². The van der Waals surface area contributed by atoms with E-state index in [1.807, 2.05) is 52.5 Å². The van der Waals surface area contributed by atoms with E-state index in [1.54, 1.807) is 12.1 Å². The summed E-state index contributed by atoms with van der Waals surface area (Å²) in [5, 5.41) is 45.1. The maximum atomic E-state index is 11.7. The number of aromatic hydroxyl groups is 2. The molecule has 0 amide bonds. The Morgan fingerprint density at radius 2 is 0.974 bits per heavy atom. The second-order valence-electron chi connectivity index (χ2n) is 12.9. The zero-order valence-electron chi connectivity index (χ0n) is 24.5. The van der Waals surface area contributed by atoms with Gasteiger partial charge in [0.05, 0.1) is 11.2 Å². The van der Waals surface area contributed by atoms with Crippen LogP contribution in [0.2, 0.25) is 0 Å². The minimum atomic E-state index is -0.756. The first-order valence-electron chi connectivity index (χ1n) is 14.9. The summed E-state index contributed by atoms with van der Waals surface area (Å²) in [6.45, 7) is 1.46. The first kappa shape index (κ1) is 29.9. The molecule has 0 aliphatic heterocycles. The molecule has 6 heteroatoms. The second-order valence-corrected chi connectivity index (χ2v) is 12.9. The van der Waals surface area contributed by atoms with Gasteiger partial charge >= 0.3 is 0 Å². The monoisotopic (exact) mass is 538 g/mol. The van der Waals surface area contributed by atoms with Crippen LogP contribution in [0.3, 0.4) is 0 Å². The zero-order chi connectivity index (χ0) is 28.2. The molecular formula is C33H50N2O4. The van der Waals surface area contributed by atoms with Crippen LogP contribution >= 0.6 is 0 Å². The maximum Gasteiger partial charge on any atom is 0.119 e. The predicted octanol–water partition coefficient (Wildman–Crippen LogP) is 5.37. The molecule has 0 radical (unpaired) electrons. The Kier molecular flexibility index (Phi) is 9.64. The van der Waals surface area contributed by atoms with E-state index in [1.165, 1.54) is 0 Å². The van der Waals surface area contributed by atoms with Crippen LogP contribution in [0.4, 0.5) is 0 Å². The Balaban J connectivity index is 1.67. The number of likely N-dealkylation sites (N-methyl/N-ethyl adjacent to an activating group) is 2. The number of benzene rings is 2. The average molecular weight is 539 g/mol. The Bertz CT molecular complexity index is 1000. The van der Waals surface area contributed by atoms with Crippen molar-refractivity contribution in [3.05, 3.63) is 58.7 Å². The molecule has 2 aromatic carbocycles. The van der Waals surface area contributed by atoms with E-state index in [4.69, 9.17) is 0 Å². The maximum absolute atomic E-state index is 11.7. The summed E-state index contributed by atoms with van der Waals surface area (Å²) in [7, 11) is 8.14. The number of hydrogen-bond donors (Lipinski definition) is 4. The fraction of sp³-hybridized carbons (Fsp3) is 0.636. The van der Waals surface area contributed by atoms with Gasteiger partial charge in [-0.2, -0.15) is 0 Å². The smallest absolute Gasteiger partial charge is 0.119 e. The highest BCUT2D eigenvalue weighted by atomic mass is 16.3. The van der Waals surface area contributed by atoms with Gasteiger partial charge in [-0.05, 0) is 88.3 Å². The summed E-state index contributed by atoms with van der Waals surface area (Å²) in [6, 6.07) is 11.4. The molecule has 0 saturated heterocycles. The minimum Gasteiger partial charge on any atom is -0.508 e. The Morgan fingerprint density at radius 3 is 1.31 bits per heavy atom. The summed E-state index contributed by atoms with van der Waals surface area (Å²) in [6.07, 6.45) is 10.0. The quantitative estimate of drug-likeness (QED) is 0.325. The summed E-state index contributed by atoms with van der Waals surface area (Å²) in [5.74, 6) is 0.270. The van der Waals surface area contributed by atoms with Crippen LogP contribution in [0, 0.1) is 0 Å². The lowest BCUT2D eigenvalue weighted by Gasteiger charge is -2.41. The van der Waals surface area contributed by atoms with E-state index in [0.29, 0.717) is 6.42 Å². The lowest BCUT2D eigenvalue weighted by atomic mass is 9.72. The van der Waals surface area contributed by atoms with Gasteiger partial charge in [0.2, 0.25) is 0 Å². The van der Waals surface area contributed by atoms with Crippen LogP contribution < -0.4 is 0 Å². The van der Waals surface area contributed by atoms with Gasteiger partial charge in [0.25, 0.3) is 0 Å². The molecule has 0 heterocycles. The van der Waals surface area contributed by atoms with Gasteiger partial charge in [-0.25, -0.2) is 0 Å². The predicted molar refractivity (Wildman–Crippen MR) is 158 cm³/mol. The molecule has 216 valence electrons. The van der Waals surface area contributed by atoms with Gasteiger partial charge in [0, 0.05) is 31.3 Å². The Hall–Kier alpha value is -2.12. The molecule has 4 rings (SSSR count). The Morgan fingerprint density at radius 1 is 0.615 bits per heavy atom. The molecule has 0 spiro atoms. The van der Waals surface area contributed by atoms with Crippen molar-refractivity contribution >= 4 is 0 Å². The van der Waals surface area contributed by atoms with Crippen LogP contribution in [-0.4, -0.2) is 82.7 Å². The summed E-state index contributed by atoms with van der Waals surface area (Å²) < 4.78 is 0. The third kappa shape index (κ3) is 7.15. The summed E-state index contributed by atoms with van der Waals surface area (Å²) in [5.41, 5.74) is 2.02. The van der Waals surface area contributed by atoms with E-state index >= 15 is 0 Å². The normalized spacial score (nSPS) is 20.7. The summed E-state index contributed by atoms with van der Waals surface area (Å²) in [4.78, 5) is 4.25. The van der Waals surface area contributed by atoms with E-state index in [0.717, 1.165) is 99.6 Å². The molecule has 2 unspecified atom stereocenters. The highest BCUT2D eigenvalue weighted by Gasteiger charge is 2.40. The van der Waals surface area contributed by atoms with Crippen molar-refractivity contribution in [2.75, 3.05) is 41.3 Å². The van der Waals surface area contributed by atoms with Gasteiger partial charge < -0.3 is 30.2 Å². The average Bonchev–Trinajstić information content (AvgIpc) is 2.89. The number of phenolic OH excluding ortho intramolecular Hbond substituents is 2. The molecule has 39 heavy (non-hydrogen) atoms. The molecule has 2 aromatic rings. The molecule has 6 nitrogen and oxygen atoms in total. The third-order valence-electron chi connectivity index (χ3n) is 9.22. The number of aliphatic hydroxyl groups is 2. The molecule has 2 aliphatic rings. The SMILES string of the molecule is CN(C)CC(c1ccc(O)c(Cc2cc(C(CN(C)C)C3(O)CCCCC3)ccc2O)c1)C1(O)CCCCC1. The number of phenols is 2. The summed E-state index contributed by atoms with van der Waals surface area (Å²) >= 11 is 0. The van der Waals surface area contributed by atoms with Gasteiger partial charge in [-0.15, -0.1) is 0 Å². The number of rotatable bonds is 10. The van der Waals surface area contributed by atoms with Crippen molar-refractivity contribution in [1.29, 1.82) is 0 Å². The van der Waals surface area contributed by atoms with Crippen LogP contribution in [0.25, 0.3) is 0 Å². The minimum absolute atomic E-state index is 0.0582. The fourth-order valence-corrected chi connectivity index (χ4v) is 7.06. The largest absolute Gasteiger partial charge is 0.508 e. The van der Waals surface area contributed by atoms with Crippen molar-refractivity contribution in [1.82, 2.24) is 9.80 Å². The lowest BCUT2D eigenvalue weighted by Crippen LogP contribution is -2.43. The van der Waals surface area contributed by atoms with Crippen molar-refractivity contribution in [3.8, 4) is 11.5 Å². The topological polar surface area (TPSA) is 87.4 Å². The standard InChI is InChI=1S/C33H50N2O4/c1-34(2)22-28(32(38)15-7-5-8-16-32)24-11-13-30(36)26(19-24)21-27-20-25(12-14-31(27)37)29(23-35(3)4)33(39)17-9-6-10-18-33/h11-14,19-20,28-29,36-39H,5-10,15-18,21-23H2,1-4H3. The first-order valence-corrected chi connectivity index (χ1v) is 14.9. The molecule has 2 saturated carbocycles. The molecule has 0 aromatic heterocycles. The van der Waals surface area contributed by atoms with Crippen molar-refractivity contribution in [2.45, 2.75) is 93.7 Å². The Labute approximate surface area is 235 Å². The number of hydrogen-bond acceptors (Lipinski definition) is 6. The number of nitrogens with zero attached hydrogens (tertiary/aromatic N) is 2. The molecule has 2 aliphatic carbocycles. The van der Waals surface area contributed by atoms with E-state index in [-0.39, 0.29) is 23.3 Å². The lowest BCUT2D eigenvalue weighted by molar-refractivity contribution is -0.0280. The van der Waals surface area contributed by atoms with E-state index < -0.39 is 11.2 Å². The highest BCUT2D eigenvalue weighted by Crippen LogP contribution is 2.43. The van der Waals surface area contributed by atoms with Crippen LogP contribution in [0.1, 0.15) is 98.3 Å². The van der Waals surface area contributed by atoms with Crippen LogP contribution in [0.15, 0.2) is 36.4 Å². The van der Waals surface area contributed by atoms with Gasteiger partial charge in [0.1, 0.15) is 11.5 Å². The zero-order valence-corrected chi connectivity index (χ0v) is 24.5. The van der Waals surface area contributed by atoms with Crippen LogP contribution in [0.5, 0.6) is 11.5 Å². The van der Waals surface area contributed by atoms with Crippen LogP contribution in [-0.2, 0) is 6.42 Å². The second kappa shape index (κ2) is 12.6. The molecule has 4 N–H and O–H groups in total.